The van der Waals surface area contributed by atoms with Gasteiger partial charge in [-0.15, -0.1) is 0 Å². The number of para-hydroxylation sites is 1. The van der Waals surface area contributed by atoms with Gasteiger partial charge in [0.25, 0.3) is 11.8 Å². The number of hydrogen-bond acceptors (Lipinski definition) is 3. The largest absolute Gasteiger partial charge is 0.349 e. The molecule has 2 N–H and O–H groups in total. The van der Waals surface area contributed by atoms with Crippen molar-refractivity contribution in [2.75, 3.05) is 5.32 Å². The van der Waals surface area contributed by atoms with E-state index in [2.05, 4.69) is 15.6 Å². The number of nitrogens with zero attached hydrogens (tertiary/aromatic N) is 1. The van der Waals surface area contributed by atoms with Gasteiger partial charge in [0.05, 0.1) is 10.7 Å². The average Bonchev–Trinajstić information content (AvgIpc) is 3.10. The third kappa shape index (κ3) is 3.92. The minimum atomic E-state index is -0.404. The Kier molecular flexibility index (Phi) is 5.11. The van der Waals surface area contributed by atoms with Crippen molar-refractivity contribution in [3.05, 3.63) is 58.9 Å². The Morgan fingerprint density at radius 3 is 2.58 bits per heavy atom. The number of halogens is 1. The molecule has 2 amide bonds. The van der Waals surface area contributed by atoms with Gasteiger partial charge < -0.3 is 10.6 Å². The molecule has 0 unspecified atom stereocenters. The van der Waals surface area contributed by atoms with E-state index >= 15 is 0 Å². The summed E-state index contributed by atoms with van der Waals surface area (Å²) in [5.41, 5.74) is 1.11. The quantitative estimate of drug-likeness (QED) is 0.890. The Morgan fingerprint density at radius 1 is 1.08 bits per heavy atom. The summed E-state index contributed by atoms with van der Waals surface area (Å²) < 4.78 is 0. The van der Waals surface area contributed by atoms with E-state index in [1.807, 2.05) is 0 Å². The normalized spacial score (nSPS) is 14.4. The number of carbonyl (C=O) groups is 2. The van der Waals surface area contributed by atoms with Crippen LogP contribution in [0.15, 0.2) is 42.6 Å². The monoisotopic (exact) mass is 343 g/mol. The fourth-order valence-electron chi connectivity index (χ4n) is 2.78. The highest BCUT2D eigenvalue weighted by Crippen LogP contribution is 2.21. The fraction of sp³-hybridized carbons (Fsp3) is 0.278. The van der Waals surface area contributed by atoms with Gasteiger partial charge in [-0.05, 0) is 37.1 Å². The van der Waals surface area contributed by atoms with Gasteiger partial charge in [-0.3, -0.25) is 14.6 Å². The van der Waals surface area contributed by atoms with Crippen molar-refractivity contribution >= 4 is 29.1 Å². The van der Waals surface area contributed by atoms with E-state index < -0.39 is 5.91 Å². The number of aromatic nitrogens is 1. The lowest BCUT2D eigenvalue weighted by Gasteiger charge is -2.12. The molecule has 0 atom stereocenters. The molecule has 0 bridgehead atoms. The predicted octanol–water partition coefficient (Wildman–Crippen LogP) is 3.66. The summed E-state index contributed by atoms with van der Waals surface area (Å²) in [5.74, 6) is -0.574. The zero-order chi connectivity index (χ0) is 16.9. The number of carbonyl (C=O) groups excluding carboxylic acids is 2. The summed E-state index contributed by atoms with van der Waals surface area (Å²) in [7, 11) is 0. The average molecular weight is 344 g/mol. The molecule has 1 aliphatic carbocycles. The predicted molar refractivity (Wildman–Crippen MR) is 93.4 cm³/mol. The molecule has 5 nitrogen and oxygen atoms in total. The molecular weight excluding hydrogens is 326 g/mol. The van der Waals surface area contributed by atoms with Crippen LogP contribution in [0.1, 0.15) is 46.5 Å². The molecule has 3 rings (SSSR count). The van der Waals surface area contributed by atoms with Gasteiger partial charge in [-0.1, -0.05) is 36.6 Å². The summed E-state index contributed by atoms with van der Waals surface area (Å²) in [4.78, 5) is 28.7. The topological polar surface area (TPSA) is 71.1 Å². The highest BCUT2D eigenvalue weighted by Gasteiger charge is 2.19. The molecule has 1 aromatic carbocycles. The van der Waals surface area contributed by atoms with Crippen LogP contribution in [0.4, 0.5) is 5.69 Å². The first-order valence-corrected chi connectivity index (χ1v) is 8.34. The molecule has 1 heterocycles. The number of rotatable bonds is 4. The Bertz CT molecular complexity index is 757. The molecule has 1 aliphatic rings. The van der Waals surface area contributed by atoms with E-state index in [1.54, 1.807) is 30.3 Å². The van der Waals surface area contributed by atoms with Gasteiger partial charge in [-0.25, -0.2) is 0 Å². The van der Waals surface area contributed by atoms with Crippen molar-refractivity contribution in [2.45, 2.75) is 31.7 Å². The van der Waals surface area contributed by atoms with Crippen LogP contribution in [0.5, 0.6) is 0 Å². The van der Waals surface area contributed by atoms with Gasteiger partial charge in [0, 0.05) is 17.8 Å². The summed E-state index contributed by atoms with van der Waals surface area (Å²) >= 11 is 6.03. The molecule has 1 fully saturated rings. The molecule has 6 heteroatoms. The van der Waals surface area contributed by atoms with Crippen LogP contribution in [0, 0.1) is 0 Å². The van der Waals surface area contributed by atoms with E-state index in [1.165, 1.54) is 12.3 Å². The van der Waals surface area contributed by atoms with Crippen LogP contribution in [0.3, 0.4) is 0 Å². The minimum absolute atomic E-state index is 0.170. The first kappa shape index (κ1) is 16.5. The highest BCUT2D eigenvalue weighted by molar-refractivity contribution is 6.33. The van der Waals surface area contributed by atoms with Crippen LogP contribution in [-0.2, 0) is 0 Å². The Labute approximate surface area is 145 Å². The van der Waals surface area contributed by atoms with Gasteiger partial charge in [0.15, 0.2) is 0 Å². The van der Waals surface area contributed by atoms with E-state index in [-0.39, 0.29) is 17.6 Å². The second kappa shape index (κ2) is 7.45. The SMILES string of the molecule is O=C(NC1CCCC1)c1ccnc(C(=O)Nc2ccccc2Cl)c1. The fourth-order valence-corrected chi connectivity index (χ4v) is 2.97. The van der Waals surface area contributed by atoms with Crippen molar-refractivity contribution in [2.24, 2.45) is 0 Å². The number of nitrogens with one attached hydrogen (secondary N) is 2. The van der Waals surface area contributed by atoms with Crippen molar-refractivity contribution < 1.29 is 9.59 Å². The number of hydrogen-bond donors (Lipinski definition) is 2. The summed E-state index contributed by atoms with van der Waals surface area (Å²) in [6, 6.07) is 10.3. The van der Waals surface area contributed by atoms with E-state index in [9.17, 15) is 9.59 Å². The molecule has 24 heavy (non-hydrogen) atoms. The zero-order valence-corrected chi connectivity index (χ0v) is 13.8. The third-order valence-electron chi connectivity index (χ3n) is 4.07. The first-order valence-electron chi connectivity index (χ1n) is 7.96. The van der Waals surface area contributed by atoms with Crippen molar-refractivity contribution in [3.8, 4) is 0 Å². The number of benzene rings is 1. The lowest BCUT2D eigenvalue weighted by Crippen LogP contribution is -2.32. The summed E-state index contributed by atoms with van der Waals surface area (Å²) in [5, 5.41) is 6.15. The smallest absolute Gasteiger partial charge is 0.274 e. The Hall–Kier alpha value is -2.40. The lowest BCUT2D eigenvalue weighted by atomic mass is 10.1. The van der Waals surface area contributed by atoms with Gasteiger partial charge in [0.1, 0.15) is 5.69 Å². The maximum atomic E-state index is 12.3. The second-order valence-corrected chi connectivity index (χ2v) is 6.23. The van der Waals surface area contributed by atoms with Crippen LogP contribution >= 0.6 is 11.6 Å². The highest BCUT2D eigenvalue weighted by atomic mass is 35.5. The van der Waals surface area contributed by atoms with Crippen LogP contribution in [0.2, 0.25) is 5.02 Å². The molecule has 1 saturated carbocycles. The molecule has 1 aromatic heterocycles. The van der Waals surface area contributed by atoms with Crippen molar-refractivity contribution in [1.29, 1.82) is 0 Å². The molecule has 0 radical (unpaired) electrons. The summed E-state index contributed by atoms with van der Waals surface area (Å²) in [6.45, 7) is 0. The molecule has 2 aromatic rings. The van der Waals surface area contributed by atoms with Gasteiger partial charge >= 0.3 is 0 Å². The maximum absolute atomic E-state index is 12.3. The summed E-state index contributed by atoms with van der Waals surface area (Å²) in [6.07, 6.45) is 5.78. The third-order valence-corrected chi connectivity index (χ3v) is 4.40. The number of amides is 2. The Balaban J connectivity index is 1.71. The standard InChI is InChI=1S/C18H18ClN3O2/c19-14-7-3-4-8-15(14)22-18(24)16-11-12(9-10-20-16)17(23)21-13-5-1-2-6-13/h3-4,7-11,13H,1-2,5-6H2,(H,21,23)(H,22,24). The zero-order valence-electron chi connectivity index (χ0n) is 13.1. The van der Waals surface area contributed by atoms with E-state index in [0.29, 0.717) is 16.3 Å². The number of pyridine rings is 1. The molecule has 124 valence electrons. The van der Waals surface area contributed by atoms with Crippen LogP contribution < -0.4 is 10.6 Å². The maximum Gasteiger partial charge on any atom is 0.274 e. The van der Waals surface area contributed by atoms with Crippen LogP contribution in [0.25, 0.3) is 0 Å². The van der Waals surface area contributed by atoms with E-state index in [4.69, 9.17) is 11.6 Å². The molecule has 0 aliphatic heterocycles. The van der Waals surface area contributed by atoms with E-state index in [0.717, 1.165) is 25.7 Å². The van der Waals surface area contributed by atoms with Gasteiger partial charge in [0.2, 0.25) is 0 Å². The first-order chi connectivity index (χ1) is 11.6. The van der Waals surface area contributed by atoms with Gasteiger partial charge in [-0.2, -0.15) is 0 Å². The lowest BCUT2D eigenvalue weighted by molar-refractivity contribution is 0.0937. The minimum Gasteiger partial charge on any atom is -0.349 e. The van der Waals surface area contributed by atoms with Crippen LogP contribution in [-0.4, -0.2) is 22.8 Å². The molecule has 0 spiro atoms. The Morgan fingerprint density at radius 2 is 1.83 bits per heavy atom. The van der Waals surface area contributed by atoms with Crippen molar-refractivity contribution in [1.82, 2.24) is 10.3 Å². The number of anilines is 1. The van der Waals surface area contributed by atoms with Crippen molar-refractivity contribution in [3.63, 3.8) is 0 Å². The molecular formula is C18H18ClN3O2. The second-order valence-electron chi connectivity index (χ2n) is 5.82. The molecule has 0 saturated heterocycles.